The van der Waals surface area contributed by atoms with Gasteiger partial charge in [0.15, 0.2) is 0 Å². The van der Waals surface area contributed by atoms with Gasteiger partial charge in [-0.3, -0.25) is 4.79 Å². The first-order chi connectivity index (χ1) is 15.3. The van der Waals surface area contributed by atoms with Crippen molar-refractivity contribution >= 4 is 21.6 Å². The van der Waals surface area contributed by atoms with Crippen LogP contribution in [0.25, 0.3) is 0 Å². The average Bonchev–Trinajstić information content (AvgIpc) is 2.79. The second kappa shape index (κ2) is 10.3. The topological polar surface area (TPSA) is 93.7 Å². The fourth-order valence-corrected chi connectivity index (χ4v) is 4.11. The molecular weight excluding hydrogens is 428 g/mol. The molecule has 3 rings (SSSR count). The van der Waals surface area contributed by atoms with Gasteiger partial charge < -0.3 is 14.8 Å². The lowest BCUT2D eigenvalue weighted by Crippen LogP contribution is -2.26. The maximum atomic E-state index is 12.8. The number of hydrogen-bond donors (Lipinski definition) is 2. The molecule has 168 valence electrons. The van der Waals surface area contributed by atoms with Crippen molar-refractivity contribution in [3.8, 4) is 11.5 Å². The number of rotatable bonds is 9. The second-order valence-corrected chi connectivity index (χ2v) is 8.95. The second-order valence-electron chi connectivity index (χ2n) is 7.18. The lowest BCUT2D eigenvalue weighted by atomic mass is 10.1. The van der Waals surface area contributed by atoms with E-state index in [4.69, 9.17) is 9.47 Å². The summed E-state index contributed by atoms with van der Waals surface area (Å²) in [5.41, 5.74) is 2.75. The maximum Gasteiger partial charge on any atom is 0.255 e. The van der Waals surface area contributed by atoms with Crippen LogP contribution in [0.5, 0.6) is 11.5 Å². The number of carbonyl (C=O) groups is 1. The monoisotopic (exact) mass is 454 g/mol. The van der Waals surface area contributed by atoms with Crippen LogP contribution in [0.2, 0.25) is 0 Å². The number of methoxy groups -OCH3 is 2. The Kier molecular flexibility index (Phi) is 7.50. The number of nitrogens with one attached hydrogen (secondary N) is 2. The summed E-state index contributed by atoms with van der Waals surface area (Å²) in [6, 6.07) is 18.9. The Morgan fingerprint density at radius 1 is 0.906 bits per heavy atom. The van der Waals surface area contributed by atoms with Crippen molar-refractivity contribution in [2.24, 2.45) is 0 Å². The minimum Gasteiger partial charge on any atom is -0.497 e. The van der Waals surface area contributed by atoms with Gasteiger partial charge in [-0.25, -0.2) is 13.1 Å². The summed E-state index contributed by atoms with van der Waals surface area (Å²) in [7, 11) is -0.729. The molecule has 0 unspecified atom stereocenters. The summed E-state index contributed by atoms with van der Waals surface area (Å²) in [5, 5.41) is 2.73. The van der Waals surface area contributed by atoms with E-state index < -0.39 is 10.0 Å². The van der Waals surface area contributed by atoms with E-state index in [0.717, 1.165) is 16.9 Å². The number of benzene rings is 3. The fraction of sp³-hybridized carbons (Fsp3) is 0.208. The van der Waals surface area contributed by atoms with E-state index >= 15 is 0 Å². The van der Waals surface area contributed by atoms with Gasteiger partial charge in [-0.15, -0.1) is 0 Å². The fourth-order valence-electron chi connectivity index (χ4n) is 3.06. The molecule has 0 radical (unpaired) electrons. The van der Waals surface area contributed by atoms with Gasteiger partial charge in [0.2, 0.25) is 10.0 Å². The summed E-state index contributed by atoms with van der Waals surface area (Å²) >= 11 is 0. The lowest BCUT2D eigenvalue weighted by Gasteiger charge is -2.13. The van der Waals surface area contributed by atoms with Crippen LogP contribution in [0.15, 0.2) is 71.6 Å². The molecule has 0 fully saturated rings. The van der Waals surface area contributed by atoms with Crippen molar-refractivity contribution in [3.63, 3.8) is 0 Å². The molecule has 0 saturated heterocycles. The number of hydrogen-bond acceptors (Lipinski definition) is 5. The molecule has 0 aliphatic rings. The van der Waals surface area contributed by atoms with Gasteiger partial charge in [0.25, 0.3) is 5.91 Å². The molecule has 32 heavy (non-hydrogen) atoms. The minimum absolute atomic E-state index is 0.0345. The zero-order chi connectivity index (χ0) is 23.1. The van der Waals surface area contributed by atoms with Crippen molar-refractivity contribution < 1.29 is 22.7 Å². The van der Waals surface area contributed by atoms with Crippen molar-refractivity contribution in [2.75, 3.05) is 26.1 Å². The molecule has 0 atom stereocenters. The van der Waals surface area contributed by atoms with E-state index in [2.05, 4.69) is 10.0 Å². The summed E-state index contributed by atoms with van der Waals surface area (Å²) in [6.45, 7) is 2.16. The first-order valence-corrected chi connectivity index (χ1v) is 11.5. The summed E-state index contributed by atoms with van der Waals surface area (Å²) in [6.07, 6.45) is 0.524. The largest absolute Gasteiger partial charge is 0.497 e. The van der Waals surface area contributed by atoms with E-state index in [1.165, 1.54) is 25.3 Å². The lowest BCUT2D eigenvalue weighted by molar-refractivity contribution is 0.102. The first-order valence-electron chi connectivity index (χ1n) is 10.0. The van der Waals surface area contributed by atoms with E-state index in [9.17, 15) is 13.2 Å². The molecule has 1 amide bonds. The predicted octanol–water partition coefficient (Wildman–Crippen LogP) is 3.79. The number of sulfonamides is 1. The number of aryl methyl sites for hydroxylation is 1. The van der Waals surface area contributed by atoms with E-state index in [1.54, 1.807) is 19.2 Å². The van der Waals surface area contributed by atoms with Crippen LogP contribution in [-0.4, -0.2) is 35.1 Å². The number of amides is 1. The van der Waals surface area contributed by atoms with Crippen molar-refractivity contribution in [1.29, 1.82) is 0 Å². The molecule has 0 aromatic heterocycles. The zero-order valence-electron chi connectivity index (χ0n) is 18.2. The standard InChI is InChI=1S/C24H26N2O5S/c1-17-4-8-19(9-5-17)24(27)26-22-16-21(12-13-23(22)31-3)32(28,29)25-15-14-18-6-10-20(30-2)11-7-18/h4-13,16,25H,14-15H2,1-3H3,(H,26,27). The highest BCUT2D eigenvalue weighted by atomic mass is 32.2. The van der Waals surface area contributed by atoms with Gasteiger partial charge in [0.05, 0.1) is 24.8 Å². The highest BCUT2D eigenvalue weighted by Gasteiger charge is 2.18. The summed E-state index contributed by atoms with van der Waals surface area (Å²) in [4.78, 5) is 12.6. The average molecular weight is 455 g/mol. The third-order valence-corrected chi connectivity index (χ3v) is 6.37. The highest BCUT2D eigenvalue weighted by Crippen LogP contribution is 2.28. The normalized spacial score (nSPS) is 11.1. The highest BCUT2D eigenvalue weighted by molar-refractivity contribution is 7.89. The molecule has 0 aliphatic carbocycles. The van der Waals surface area contributed by atoms with E-state index in [0.29, 0.717) is 17.7 Å². The summed E-state index contributed by atoms with van der Waals surface area (Å²) < 4.78 is 38.6. The Hall–Kier alpha value is -3.36. The van der Waals surface area contributed by atoms with Crippen LogP contribution in [-0.2, 0) is 16.4 Å². The molecule has 2 N–H and O–H groups in total. The zero-order valence-corrected chi connectivity index (χ0v) is 19.0. The predicted molar refractivity (Wildman–Crippen MR) is 124 cm³/mol. The number of ether oxygens (including phenoxy) is 2. The molecule has 7 nitrogen and oxygen atoms in total. The SMILES string of the molecule is COc1ccc(CCNS(=O)(=O)c2ccc(OC)c(NC(=O)c3ccc(C)cc3)c2)cc1. The van der Waals surface area contributed by atoms with Crippen LogP contribution < -0.4 is 19.5 Å². The molecule has 0 heterocycles. The van der Waals surface area contributed by atoms with Crippen molar-refractivity contribution in [2.45, 2.75) is 18.2 Å². The Labute approximate surface area is 188 Å². The van der Waals surface area contributed by atoms with E-state index in [1.807, 2.05) is 43.3 Å². The molecule has 0 spiro atoms. The maximum absolute atomic E-state index is 12.8. The molecule has 3 aromatic rings. The molecular formula is C24H26N2O5S. The first kappa shape index (κ1) is 23.3. The molecule has 8 heteroatoms. The van der Waals surface area contributed by atoms with Crippen LogP contribution in [0.1, 0.15) is 21.5 Å². The Morgan fingerprint density at radius 2 is 1.59 bits per heavy atom. The van der Waals surface area contributed by atoms with Gasteiger partial charge in [0, 0.05) is 12.1 Å². The third-order valence-electron chi connectivity index (χ3n) is 4.91. The number of anilines is 1. The van der Waals surface area contributed by atoms with Gasteiger partial charge in [-0.1, -0.05) is 29.8 Å². The smallest absolute Gasteiger partial charge is 0.255 e. The van der Waals surface area contributed by atoms with E-state index in [-0.39, 0.29) is 23.0 Å². The van der Waals surface area contributed by atoms with Gasteiger partial charge in [-0.2, -0.15) is 0 Å². The molecule has 0 aliphatic heterocycles. The molecule has 3 aromatic carbocycles. The minimum atomic E-state index is -3.78. The molecule has 0 saturated carbocycles. The van der Waals surface area contributed by atoms with Crippen LogP contribution in [0.4, 0.5) is 5.69 Å². The van der Waals surface area contributed by atoms with Gasteiger partial charge in [0.1, 0.15) is 11.5 Å². The van der Waals surface area contributed by atoms with Crippen LogP contribution in [0.3, 0.4) is 0 Å². The van der Waals surface area contributed by atoms with Crippen molar-refractivity contribution in [3.05, 3.63) is 83.4 Å². The summed E-state index contributed by atoms with van der Waals surface area (Å²) in [5.74, 6) is 0.751. The Morgan fingerprint density at radius 3 is 2.22 bits per heavy atom. The Balaban J connectivity index is 1.71. The quantitative estimate of drug-likeness (QED) is 0.513. The Bertz CT molecular complexity index is 1170. The van der Waals surface area contributed by atoms with Crippen molar-refractivity contribution in [1.82, 2.24) is 4.72 Å². The van der Waals surface area contributed by atoms with Gasteiger partial charge in [-0.05, 0) is 61.4 Å². The number of carbonyl (C=O) groups excluding carboxylic acids is 1. The van der Waals surface area contributed by atoms with Gasteiger partial charge >= 0.3 is 0 Å². The molecule has 0 bridgehead atoms. The third kappa shape index (κ3) is 5.87. The van der Waals surface area contributed by atoms with Crippen LogP contribution >= 0.6 is 0 Å². The van der Waals surface area contributed by atoms with Crippen LogP contribution in [0, 0.1) is 6.92 Å².